The van der Waals surface area contributed by atoms with E-state index in [4.69, 9.17) is 4.74 Å². The quantitative estimate of drug-likeness (QED) is 0.745. The Kier molecular flexibility index (Phi) is 5.93. The number of benzene rings is 2. The Balaban J connectivity index is 2.27. The summed E-state index contributed by atoms with van der Waals surface area (Å²) in [5, 5.41) is 2.65. The molecule has 1 atom stereocenters. The van der Waals surface area contributed by atoms with Crippen molar-refractivity contribution in [3.63, 3.8) is 0 Å². The second-order valence-electron chi connectivity index (χ2n) is 5.13. The molecule has 0 spiro atoms. The van der Waals surface area contributed by atoms with Crippen molar-refractivity contribution in [2.24, 2.45) is 0 Å². The van der Waals surface area contributed by atoms with Crippen molar-refractivity contribution < 1.29 is 14.3 Å². The third-order valence-corrected chi connectivity index (χ3v) is 3.88. The number of ketones is 1. The first-order chi connectivity index (χ1) is 11.0. The maximum absolute atomic E-state index is 12.7. The Morgan fingerprint density at radius 1 is 1.17 bits per heavy atom. The van der Waals surface area contributed by atoms with Gasteiger partial charge in [-0.25, -0.2) is 4.79 Å². The smallest absolute Gasteiger partial charge is 0.411 e. The Morgan fingerprint density at radius 2 is 1.87 bits per heavy atom. The summed E-state index contributed by atoms with van der Waals surface area (Å²) in [6.07, 6.45) is -0.0219. The number of ether oxygens (including phenoxy) is 1. The first-order valence-electron chi connectivity index (χ1n) is 7.38. The molecule has 2 rings (SSSR count). The first kappa shape index (κ1) is 17.2. The van der Waals surface area contributed by atoms with Crippen LogP contribution in [0.2, 0.25) is 0 Å². The molecule has 0 saturated heterocycles. The Bertz CT molecular complexity index is 701. The number of carbonyl (C=O) groups is 2. The van der Waals surface area contributed by atoms with Crippen molar-refractivity contribution in [3.05, 3.63) is 64.1 Å². The topological polar surface area (TPSA) is 55.4 Å². The van der Waals surface area contributed by atoms with Gasteiger partial charge in [-0.05, 0) is 31.5 Å². The molecule has 5 heteroatoms. The molecule has 1 unspecified atom stereocenters. The summed E-state index contributed by atoms with van der Waals surface area (Å²) < 4.78 is 5.96. The van der Waals surface area contributed by atoms with Crippen LogP contribution in [0.4, 0.5) is 10.5 Å². The Morgan fingerprint density at radius 3 is 2.52 bits per heavy atom. The highest BCUT2D eigenvalue weighted by atomic mass is 79.9. The Labute approximate surface area is 144 Å². The average Bonchev–Trinajstić information content (AvgIpc) is 2.56. The molecule has 0 bridgehead atoms. The summed E-state index contributed by atoms with van der Waals surface area (Å²) in [5.41, 5.74) is 1.39. The van der Waals surface area contributed by atoms with Crippen LogP contribution in [-0.2, 0) is 4.74 Å². The molecule has 120 valence electrons. The second-order valence-corrected chi connectivity index (χ2v) is 6.05. The highest BCUT2D eigenvalue weighted by Crippen LogP contribution is 2.24. The number of nitrogens with one attached hydrogen (secondary N) is 1. The fourth-order valence-corrected chi connectivity index (χ4v) is 2.32. The van der Waals surface area contributed by atoms with Gasteiger partial charge < -0.3 is 4.74 Å². The molecule has 1 N–H and O–H groups in total. The summed E-state index contributed by atoms with van der Waals surface area (Å²) in [4.78, 5) is 24.6. The molecule has 4 nitrogen and oxygen atoms in total. The number of hydrogen-bond donors (Lipinski definition) is 1. The molecule has 0 saturated carbocycles. The minimum absolute atomic E-state index is 0.161. The van der Waals surface area contributed by atoms with Crippen molar-refractivity contribution in [2.75, 3.05) is 5.32 Å². The van der Waals surface area contributed by atoms with Gasteiger partial charge in [-0.1, -0.05) is 53.2 Å². The van der Waals surface area contributed by atoms with E-state index in [1.807, 2.05) is 19.9 Å². The molecule has 0 aliphatic rings. The molecular weight excluding hydrogens is 358 g/mol. The molecule has 23 heavy (non-hydrogen) atoms. The third kappa shape index (κ3) is 4.66. The SMILES string of the molecule is CCC(C)OC(=O)Nc1ccc(Br)cc1C(=O)c1ccccc1. The van der Waals surface area contributed by atoms with Gasteiger partial charge >= 0.3 is 6.09 Å². The van der Waals surface area contributed by atoms with Crippen molar-refractivity contribution in [1.29, 1.82) is 0 Å². The molecule has 2 aromatic rings. The average molecular weight is 376 g/mol. The molecule has 1 amide bonds. The van der Waals surface area contributed by atoms with Gasteiger partial charge in [0.2, 0.25) is 0 Å². The van der Waals surface area contributed by atoms with Crippen LogP contribution in [0.1, 0.15) is 36.2 Å². The van der Waals surface area contributed by atoms with E-state index in [2.05, 4.69) is 21.2 Å². The zero-order valence-electron chi connectivity index (χ0n) is 13.0. The van der Waals surface area contributed by atoms with Crippen LogP contribution in [0.25, 0.3) is 0 Å². The molecule has 0 aliphatic heterocycles. The molecule has 0 radical (unpaired) electrons. The van der Waals surface area contributed by atoms with Gasteiger partial charge in [-0.2, -0.15) is 0 Å². The lowest BCUT2D eigenvalue weighted by molar-refractivity contribution is 0.103. The fraction of sp³-hybridized carbons (Fsp3) is 0.222. The minimum atomic E-state index is -0.566. The van der Waals surface area contributed by atoms with Crippen LogP contribution in [0.3, 0.4) is 0 Å². The monoisotopic (exact) mass is 375 g/mol. The van der Waals surface area contributed by atoms with Crippen LogP contribution in [0.5, 0.6) is 0 Å². The van der Waals surface area contributed by atoms with Crippen LogP contribution < -0.4 is 5.32 Å². The highest BCUT2D eigenvalue weighted by Gasteiger charge is 2.17. The standard InChI is InChI=1S/C18H18BrNO3/c1-3-12(2)23-18(22)20-16-10-9-14(19)11-15(16)17(21)13-7-5-4-6-8-13/h4-12H,3H2,1-2H3,(H,20,22). The molecule has 2 aromatic carbocycles. The number of amides is 1. The summed E-state index contributed by atoms with van der Waals surface area (Å²) in [6, 6.07) is 14.1. The lowest BCUT2D eigenvalue weighted by Gasteiger charge is -2.14. The van der Waals surface area contributed by atoms with E-state index in [9.17, 15) is 9.59 Å². The van der Waals surface area contributed by atoms with Gasteiger partial charge in [0.05, 0.1) is 5.69 Å². The van der Waals surface area contributed by atoms with E-state index in [-0.39, 0.29) is 11.9 Å². The van der Waals surface area contributed by atoms with Crippen LogP contribution in [-0.4, -0.2) is 18.0 Å². The zero-order valence-corrected chi connectivity index (χ0v) is 14.6. The van der Waals surface area contributed by atoms with Crippen LogP contribution in [0.15, 0.2) is 53.0 Å². The lowest BCUT2D eigenvalue weighted by atomic mass is 10.0. The molecule has 0 aliphatic carbocycles. The molecule has 0 aromatic heterocycles. The number of hydrogen-bond acceptors (Lipinski definition) is 3. The molecular formula is C18H18BrNO3. The third-order valence-electron chi connectivity index (χ3n) is 3.38. The van der Waals surface area contributed by atoms with Crippen molar-refractivity contribution in [1.82, 2.24) is 0 Å². The highest BCUT2D eigenvalue weighted by molar-refractivity contribution is 9.10. The van der Waals surface area contributed by atoms with E-state index in [1.165, 1.54) is 0 Å². The van der Waals surface area contributed by atoms with Gasteiger partial charge in [0, 0.05) is 15.6 Å². The van der Waals surface area contributed by atoms with E-state index in [0.717, 1.165) is 10.9 Å². The molecule has 0 heterocycles. The van der Waals surface area contributed by atoms with Gasteiger partial charge in [-0.3, -0.25) is 10.1 Å². The first-order valence-corrected chi connectivity index (χ1v) is 8.17. The van der Waals surface area contributed by atoms with E-state index in [1.54, 1.807) is 42.5 Å². The predicted molar refractivity (Wildman–Crippen MR) is 93.9 cm³/mol. The fourth-order valence-electron chi connectivity index (χ4n) is 1.96. The van der Waals surface area contributed by atoms with Gasteiger partial charge in [0.1, 0.15) is 6.10 Å². The summed E-state index contributed by atoms with van der Waals surface area (Å²) in [6.45, 7) is 3.75. The van der Waals surface area contributed by atoms with Crippen molar-refractivity contribution >= 4 is 33.5 Å². The number of rotatable bonds is 5. The van der Waals surface area contributed by atoms with Crippen molar-refractivity contribution in [3.8, 4) is 0 Å². The second kappa shape index (κ2) is 7.92. The largest absolute Gasteiger partial charge is 0.446 e. The van der Waals surface area contributed by atoms with E-state index < -0.39 is 6.09 Å². The summed E-state index contributed by atoms with van der Waals surface area (Å²) in [7, 11) is 0. The summed E-state index contributed by atoms with van der Waals surface area (Å²) >= 11 is 3.36. The van der Waals surface area contributed by atoms with E-state index >= 15 is 0 Å². The maximum Gasteiger partial charge on any atom is 0.411 e. The number of carbonyl (C=O) groups excluding carboxylic acids is 2. The van der Waals surface area contributed by atoms with Crippen molar-refractivity contribution in [2.45, 2.75) is 26.4 Å². The van der Waals surface area contributed by atoms with Crippen LogP contribution in [0, 0.1) is 0 Å². The number of anilines is 1. The maximum atomic E-state index is 12.7. The summed E-state index contributed by atoms with van der Waals surface area (Å²) in [5.74, 6) is -0.161. The zero-order chi connectivity index (χ0) is 16.8. The predicted octanol–water partition coefficient (Wildman–Crippen LogP) is 5.03. The number of halogens is 1. The Hall–Kier alpha value is -2.14. The van der Waals surface area contributed by atoms with Crippen LogP contribution >= 0.6 is 15.9 Å². The molecule has 0 fully saturated rings. The lowest BCUT2D eigenvalue weighted by Crippen LogP contribution is -2.21. The normalized spacial score (nSPS) is 11.6. The van der Waals surface area contributed by atoms with Gasteiger partial charge in [0.25, 0.3) is 0 Å². The van der Waals surface area contributed by atoms with Gasteiger partial charge in [-0.15, -0.1) is 0 Å². The minimum Gasteiger partial charge on any atom is -0.446 e. The van der Waals surface area contributed by atoms with E-state index in [0.29, 0.717) is 16.8 Å². The van der Waals surface area contributed by atoms with Gasteiger partial charge in [0.15, 0.2) is 5.78 Å².